The van der Waals surface area contributed by atoms with E-state index >= 15 is 0 Å². The number of halogens is 2. The molecule has 1 aromatic carbocycles. The van der Waals surface area contributed by atoms with Crippen LogP contribution in [0.3, 0.4) is 0 Å². The Morgan fingerprint density at radius 1 is 1.35 bits per heavy atom. The lowest BCUT2D eigenvalue weighted by molar-refractivity contribution is 0.628. The van der Waals surface area contributed by atoms with Gasteiger partial charge in [-0.2, -0.15) is 0 Å². The summed E-state index contributed by atoms with van der Waals surface area (Å²) in [5.41, 5.74) is 0.665. The Hall–Kier alpha value is -0.740. The first kappa shape index (κ1) is 11.4. The van der Waals surface area contributed by atoms with E-state index in [1.54, 1.807) is 17.8 Å². The molecule has 0 amide bonds. The Balaban J connectivity index is 1.66. The molecular weight excluding hydrogens is 259 g/mol. The van der Waals surface area contributed by atoms with Crippen molar-refractivity contribution in [2.75, 3.05) is 11.9 Å². The molecule has 0 aromatic heterocycles. The topological polar surface area (TPSA) is 24.4 Å². The van der Waals surface area contributed by atoms with Gasteiger partial charge in [-0.15, -0.1) is 0 Å². The molecule has 17 heavy (non-hydrogen) atoms. The first-order chi connectivity index (χ1) is 8.20. The predicted octanol–water partition coefficient (Wildman–Crippen LogP) is 3.77. The van der Waals surface area contributed by atoms with Gasteiger partial charge in [-0.1, -0.05) is 23.4 Å². The summed E-state index contributed by atoms with van der Waals surface area (Å²) in [7, 11) is 0. The van der Waals surface area contributed by atoms with Crippen LogP contribution in [0.2, 0.25) is 5.02 Å². The minimum absolute atomic E-state index is 0.331. The van der Waals surface area contributed by atoms with Gasteiger partial charge in [-0.05, 0) is 37.0 Å². The maximum absolute atomic E-state index is 13.1. The molecule has 0 bridgehead atoms. The van der Waals surface area contributed by atoms with Crippen LogP contribution in [-0.2, 0) is 0 Å². The van der Waals surface area contributed by atoms with E-state index in [9.17, 15) is 4.39 Å². The van der Waals surface area contributed by atoms with Crippen LogP contribution in [0, 0.1) is 11.7 Å². The maximum atomic E-state index is 13.1. The number of aliphatic imine (C=N–C) groups is 1. The average molecular weight is 271 g/mol. The summed E-state index contributed by atoms with van der Waals surface area (Å²) in [5.74, 6) is 0.501. The number of thioether (sulfide) groups is 1. The number of hydrogen-bond donors (Lipinski definition) is 1. The largest absolute Gasteiger partial charge is 0.335 e. The zero-order chi connectivity index (χ0) is 11.8. The zero-order valence-corrected chi connectivity index (χ0v) is 10.7. The number of amidine groups is 1. The van der Waals surface area contributed by atoms with Crippen molar-refractivity contribution < 1.29 is 4.39 Å². The van der Waals surface area contributed by atoms with Gasteiger partial charge < -0.3 is 5.32 Å². The lowest BCUT2D eigenvalue weighted by Gasteiger charge is -2.08. The standard InChI is InChI=1S/C12H12ClFN2S/c13-8-3-9(14)5-10(4-8)16-12-15-6-11(17-12)7-1-2-7/h3-5,7,11H,1-2,6H2,(H,15,16). The highest BCUT2D eigenvalue weighted by Crippen LogP contribution is 2.42. The van der Waals surface area contributed by atoms with E-state index in [0.717, 1.165) is 17.6 Å². The van der Waals surface area contributed by atoms with Crippen molar-refractivity contribution >= 4 is 34.2 Å². The first-order valence-corrected chi connectivity index (χ1v) is 6.91. The Morgan fingerprint density at radius 2 is 2.18 bits per heavy atom. The van der Waals surface area contributed by atoms with Gasteiger partial charge in [-0.25, -0.2) is 4.39 Å². The SMILES string of the molecule is Fc1cc(Cl)cc(NC2=NCC(C3CC3)S2)c1. The number of hydrogen-bond acceptors (Lipinski definition) is 3. The Morgan fingerprint density at radius 3 is 2.88 bits per heavy atom. The van der Waals surface area contributed by atoms with Gasteiger partial charge in [0.25, 0.3) is 0 Å². The van der Waals surface area contributed by atoms with Crippen LogP contribution in [0.25, 0.3) is 0 Å². The number of rotatable bonds is 2. The fraction of sp³-hybridized carbons (Fsp3) is 0.417. The molecule has 0 saturated heterocycles. The fourth-order valence-electron chi connectivity index (χ4n) is 1.92. The van der Waals surface area contributed by atoms with Crippen LogP contribution in [0.4, 0.5) is 10.1 Å². The third-order valence-electron chi connectivity index (χ3n) is 2.94. The van der Waals surface area contributed by atoms with Crippen molar-refractivity contribution in [3.8, 4) is 0 Å². The lowest BCUT2D eigenvalue weighted by Crippen LogP contribution is -2.09. The Kier molecular flexibility index (Phi) is 3.01. The molecule has 1 atom stereocenters. The molecule has 1 saturated carbocycles. The smallest absolute Gasteiger partial charge is 0.161 e. The highest BCUT2D eigenvalue weighted by Gasteiger charge is 2.35. The summed E-state index contributed by atoms with van der Waals surface area (Å²) in [5, 5.41) is 5.01. The van der Waals surface area contributed by atoms with Gasteiger partial charge in [0.1, 0.15) is 5.82 Å². The summed E-state index contributed by atoms with van der Waals surface area (Å²) in [6.07, 6.45) is 2.65. The van der Waals surface area contributed by atoms with E-state index in [1.807, 2.05) is 0 Å². The molecule has 3 rings (SSSR count). The summed E-state index contributed by atoms with van der Waals surface area (Å²) >= 11 is 7.56. The van der Waals surface area contributed by atoms with E-state index < -0.39 is 0 Å². The van der Waals surface area contributed by atoms with Crippen LogP contribution in [0.1, 0.15) is 12.8 Å². The summed E-state index contributed by atoms with van der Waals surface area (Å²) in [4.78, 5) is 4.44. The van der Waals surface area contributed by atoms with Crippen molar-refractivity contribution in [2.24, 2.45) is 10.9 Å². The minimum atomic E-state index is -0.331. The molecule has 5 heteroatoms. The number of anilines is 1. The molecule has 1 aromatic rings. The molecule has 1 aliphatic heterocycles. The number of nitrogens with zero attached hydrogens (tertiary/aromatic N) is 1. The molecule has 0 spiro atoms. The van der Waals surface area contributed by atoms with Crippen molar-refractivity contribution in [1.82, 2.24) is 0 Å². The van der Waals surface area contributed by atoms with E-state index in [1.165, 1.54) is 25.0 Å². The normalized spacial score (nSPS) is 23.6. The average Bonchev–Trinajstić information content (AvgIpc) is 2.99. The fourth-order valence-corrected chi connectivity index (χ4v) is 3.37. The third-order valence-corrected chi connectivity index (χ3v) is 4.45. The highest BCUT2D eigenvalue weighted by atomic mass is 35.5. The second kappa shape index (κ2) is 4.50. The molecule has 1 aliphatic carbocycles. The molecule has 1 N–H and O–H groups in total. The second-order valence-corrected chi connectivity index (χ2v) is 6.09. The molecule has 1 fully saturated rings. The number of benzene rings is 1. The summed E-state index contributed by atoms with van der Waals surface area (Å²) in [6.45, 7) is 0.876. The first-order valence-electron chi connectivity index (χ1n) is 5.65. The van der Waals surface area contributed by atoms with Crippen molar-refractivity contribution in [2.45, 2.75) is 18.1 Å². The van der Waals surface area contributed by atoms with Gasteiger partial charge in [-0.3, -0.25) is 4.99 Å². The van der Waals surface area contributed by atoms with E-state index in [4.69, 9.17) is 11.6 Å². The van der Waals surface area contributed by atoms with E-state index in [2.05, 4.69) is 10.3 Å². The summed E-state index contributed by atoms with van der Waals surface area (Å²) < 4.78 is 13.1. The Labute approximate surface area is 109 Å². The molecule has 2 aliphatic rings. The van der Waals surface area contributed by atoms with Crippen molar-refractivity contribution in [1.29, 1.82) is 0 Å². The second-order valence-electron chi connectivity index (χ2n) is 4.42. The van der Waals surface area contributed by atoms with Gasteiger partial charge >= 0.3 is 0 Å². The highest BCUT2D eigenvalue weighted by molar-refractivity contribution is 8.15. The molecule has 90 valence electrons. The van der Waals surface area contributed by atoms with E-state index in [-0.39, 0.29) is 5.82 Å². The van der Waals surface area contributed by atoms with Crippen molar-refractivity contribution in [3.63, 3.8) is 0 Å². The van der Waals surface area contributed by atoms with Crippen LogP contribution in [0.5, 0.6) is 0 Å². The van der Waals surface area contributed by atoms with Gasteiger partial charge in [0.2, 0.25) is 0 Å². The maximum Gasteiger partial charge on any atom is 0.161 e. The quantitative estimate of drug-likeness (QED) is 0.885. The molecule has 1 unspecified atom stereocenters. The van der Waals surface area contributed by atoms with Gasteiger partial charge in [0.05, 0.1) is 6.54 Å². The number of nitrogens with one attached hydrogen (secondary N) is 1. The minimum Gasteiger partial charge on any atom is -0.335 e. The zero-order valence-electron chi connectivity index (χ0n) is 9.12. The third kappa shape index (κ3) is 2.75. The van der Waals surface area contributed by atoms with Gasteiger partial charge in [0, 0.05) is 16.0 Å². The predicted molar refractivity (Wildman–Crippen MR) is 71.4 cm³/mol. The Bertz CT molecular complexity index is 453. The molecule has 0 radical (unpaired) electrons. The molecular formula is C12H12ClFN2S. The monoisotopic (exact) mass is 270 g/mol. The van der Waals surface area contributed by atoms with Crippen LogP contribution in [-0.4, -0.2) is 17.0 Å². The van der Waals surface area contributed by atoms with Crippen LogP contribution in [0.15, 0.2) is 23.2 Å². The van der Waals surface area contributed by atoms with Gasteiger partial charge in [0.15, 0.2) is 5.17 Å². The molecule has 1 heterocycles. The van der Waals surface area contributed by atoms with Crippen molar-refractivity contribution in [3.05, 3.63) is 29.0 Å². The van der Waals surface area contributed by atoms with Crippen LogP contribution >= 0.6 is 23.4 Å². The molecule has 2 nitrogen and oxygen atoms in total. The van der Waals surface area contributed by atoms with E-state index in [0.29, 0.717) is 16.0 Å². The van der Waals surface area contributed by atoms with Crippen LogP contribution < -0.4 is 5.32 Å². The lowest BCUT2D eigenvalue weighted by atomic mass is 10.3. The summed E-state index contributed by atoms with van der Waals surface area (Å²) in [6, 6.07) is 4.43.